The van der Waals surface area contributed by atoms with E-state index in [0.29, 0.717) is 39.2 Å². The lowest BCUT2D eigenvalue weighted by Crippen LogP contribution is -2.46. The minimum Gasteiger partial charge on any atom is -0.382 e. The fourth-order valence-corrected chi connectivity index (χ4v) is 12.1. The second kappa shape index (κ2) is 14.2. The Hall–Kier alpha value is 1.08. The van der Waals surface area contributed by atoms with Gasteiger partial charge in [0.1, 0.15) is 4.71 Å². The zero-order chi connectivity index (χ0) is 20.2. The molecular weight excluding hydrogens is 481 g/mol. The minimum absolute atomic E-state index is 0.0336. The largest absolute Gasteiger partial charge is 0.382 e. The van der Waals surface area contributed by atoms with E-state index in [0.717, 1.165) is 12.8 Å². The van der Waals surface area contributed by atoms with Gasteiger partial charge in [0, 0.05) is 20.1 Å². The number of carbonyl (C=O) groups is 2. The first kappa shape index (κ1) is 25.3. The number of rotatable bonds is 11. The zero-order valence-electron chi connectivity index (χ0n) is 15.4. The molecule has 2 aliphatic rings. The van der Waals surface area contributed by atoms with Crippen LogP contribution in [0.4, 0.5) is 0 Å². The van der Waals surface area contributed by atoms with Gasteiger partial charge in [-0.1, -0.05) is 43.2 Å². The summed E-state index contributed by atoms with van der Waals surface area (Å²) in [4.78, 5) is 24.5. The predicted molar refractivity (Wildman–Crippen MR) is 125 cm³/mol. The molecule has 2 fully saturated rings. The number of amides is 1. The van der Waals surface area contributed by atoms with Crippen LogP contribution in [0, 0.1) is 5.08 Å². The fraction of sp³-hybridized carbons (Fsp3) is 0.800. The van der Waals surface area contributed by atoms with Crippen molar-refractivity contribution in [1.82, 2.24) is 10.6 Å². The summed E-state index contributed by atoms with van der Waals surface area (Å²) in [6, 6.07) is -0.387. The van der Waals surface area contributed by atoms with Crippen LogP contribution in [0.25, 0.3) is 0 Å². The number of hydrogen-bond acceptors (Lipinski definition) is 12. The highest BCUT2D eigenvalue weighted by Crippen LogP contribution is 2.58. The Balaban J connectivity index is 1.66. The number of ketones is 1. The quantitative estimate of drug-likeness (QED) is 0.284. The lowest BCUT2D eigenvalue weighted by molar-refractivity contribution is -0.127. The predicted octanol–water partition coefficient (Wildman–Crippen LogP) is 3.07. The van der Waals surface area contributed by atoms with E-state index in [-0.39, 0.29) is 22.4 Å². The summed E-state index contributed by atoms with van der Waals surface area (Å²) >= 11 is 0. The molecule has 3 N–H and O–H groups in total. The molecular formula is C15H25N2O5S6. The molecule has 2 saturated heterocycles. The van der Waals surface area contributed by atoms with Crippen LogP contribution in [0.1, 0.15) is 25.7 Å². The van der Waals surface area contributed by atoms with E-state index >= 15 is 0 Å². The first-order valence-electron chi connectivity index (χ1n) is 8.74. The van der Waals surface area contributed by atoms with Gasteiger partial charge in [-0.15, -0.1) is 0 Å². The van der Waals surface area contributed by atoms with Crippen molar-refractivity contribution >= 4 is 76.5 Å². The third kappa shape index (κ3) is 9.06. The molecule has 2 aliphatic heterocycles. The molecule has 0 spiro atoms. The molecule has 7 nitrogen and oxygen atoms in total. The number of hydrogen-bond donors (Lipinski definition) is 3. The molecule has 2 bridgehead atoms. The molecule has 13 heteroatoms. The molecule has 28 heavy (non-hydrogen) atoms. The summed E-state index contributed by atoms with van der Waals surface area (Å²) in [5.41, 5.74) is 0. The molecule has 1 amide bonds. The molecule has 3 atom stereocenters. The molecule has 2 heterocycles. The molecule has 0 saturated carbocycles. The van der Waals surface area contributed by atoms with Gasteiger partial charge < -0.3 is 19.9 Å². The summed E-state index contributed by atoms with van der Waals surface area (Å²) < 4.78 is 8.73. The van der Waals surface area contributed by atoms with E-state index in [4.69, 9.17) is 9.47 Å². The number of methoxy groups -OCH3 is 1. The minimum atomic E-state index is -1.44. The Morgan fingerprint density at radius 3 is 2.93 bits per heavy atom. The van der Waals surface area contributed by atoms with E-state index < -0.39 is 4.27 Å². The number of fused-ring (bicyclic) bond motifs is 3. The van der Waals surface area contributed by atoms with Crippen LogP contribution >= 0.6 is 64.8 Å². The van der Waals surface area contributed by atoms with E-state index in [2.05, 4.69) is 10.6 Å². The highest BCUT2D eigenvalue weighted by molar-refractivity contribution is 8.94. The first-order chi connectivity index (χ1) is 13.5. The van der Waals surface area contributed by atoms with Gasteiger partial charge in [0.05, 0.1) is 30.9 Å². The topological polar surface area (TPSA) is 96.9 Å². The van der Waals surface area contributed by atoms with Crippen LogP contribution in [0.2, 0.25) is 0 Å². The van der Waals surface area contributed by atoms with Crippen LogP contribution < -0.4 is 10.6 Å². The lowest BCUT2D eigenvalue weighted by atomic mass is 10.1. The number of unbranched alkanes of at least 4 members (excludes halogenated alkanes) is 1. The fourth-order valence-electron chi connectivity index (χ4n) is 2.32. The van der Waals surface area contributed by atoms with E-state index in [1.165, 1.54) is 43.2 Å². The highest BCUT2D eigenvalue weighted by atomic mass is 33.2. The third-order valence-corrected chi connectivity index (χ3v) is 13.5. The van der Waals surface area contributed by atoms with Crippen LogP contribution in [-0.4, -0.2) is 65.3 Å². The van der Waals surface area contributed by atoms with Gasteiger partial charge in [-0.3, -0.25) is 14.9 Å². The summed E-state index contributed by atoms with van der Waals surface area (Å²) in [7, 11) is 10.2. The highest BCUT2D eigenvalue weighted by Gasteiger charge is 2.46. The molecule has 2 unspecified atom stereocenters. The van der Waals surface area contributed by atoms with Gasteiger partial charge in [-0.05, 0) is 40.9 Å². The first-order valence-corrected chi connectivity index (χ1v) is 15.4. The average Bonchev–Trinajstić information content (AvgIpc) is 2.74. The normalized spacial score (nSPS) is 28.3. The van der Waals surface area contributed by atoms with Crippen molar-refractivity contribution in [2.75, 3.05) is 33.5 Å². The Morgan fingerprint density at radius 2 is 2.11 bits per heavy atom. The molecule has 0 aromatic heterocycles. The van der Waals surface area contributed by atoms with Crippen LogP contribution in [-0.2, 0) is 19.1 Å². The molecule has 1 radical (unpaired) electrons. The van der Waals surface area contributed by atoms with E-state index in [9.17, 15) is 14.7 Å². The van der Waals surface area contributed by atoms with Gasteiger partial charge in [0.25, 0.3) is 0 Å². The van der Waals surface area contributed by atoms with Crippen molar-refractivity contribution in [3.63, 3.8) is 0 Å². The van der Waals surface area contributed by atoms with Crippen LogP contribution in [0.3, 0.4) is 0 Å². The second-order valence-corrected chi connectivity index (χ2v) is 13.7. The molecule has 0 aliphatic carbocycles. The number of carbonyl (C=O) groups excluding carboxylic acids is 2. The summed E-state index contributed by atoms with van der Waals surface area (Å²) in [6.07, 6.45) is 2.53. The second-order valence-electron chi connectivity index (χ2n) is 5.85. The maximum absolute atomic E-state index is 12.8. The molecule has 161 valence electrons. The number of Topliss-reactive ketones (excluding diaryl/α,β-unsaturated/α-hetero) is 1. The van der Waals surface area contributed by atoms with Gasteiger partial charge in [0.2, 0.25) is 16.0 Å². The monoisotopic (exact) mass is 505 g/mol. The van der Waals surface area contributed by atoms with Crippen molar-refractivity contribution in [2.24, 2.45) is 0 Å². The SMILES string of the molecule is COCCOCCC(=O)NCCCC[C@@H]1NC2SS[CH]SSC(O)(SS2)C1=O. The average molecular weight is 506 g/mol. The Labute approximate surface area is 189 Å². The summed E-state index contributed by atoms with van der Waals surface area (Å²) in [6.45, 7) is 1.96. The van der Waals surface area contributed by atoms with Crippen molar-refractivity contribution in [3.8, 4) is 0 Å². The van der Waals surface area contributed by atoms with Gasteiger partial charge in [-0.2, -0.15) is 0 Å². The van der Waals surface area contributed by atoms with Gasteiger partial charge >= 0.3 is 0 Å². The van der Waals surface area contributed by atoms with Crippen molar-refractivity contribution in [2.45, 2.75) is 40.7 Å². The molecule has 2 rings (SSSR count). The summed E-state index contributed by atoms with van der Waals surface area (Å²) in [5, 5.41) is 18.9. The van der Waals surface area contributed by atoms with Gasteiger partial charge in [-0.25, -0.2) is 0 Å². The summed E-state index contributed by atoms with van der Waals surface area (Å²) in [5.74, 6) is -0.216. The Bertz CT molecular complexity index is 506. The van der Waals surface area contributed by atoms with E-state index in [1.807, 2.05) is 5.08 Å². The third-order valence-electron chi connectivity index (χ3n) is 3.74. The van der Waals surface area contributed by atoms with Crippen LogP contribution in [0.15, 0.2) is 0 Å². The molecule has 0 aromatic rings. The van der Waals surface area contributed by atoms with Crippen molar-refractivity contribution in [3.05, 3.63) is 5.08 Å². The van der Waals surface area contributed by atoms with E-state index in [1.54, 1.807) is 28.7 Å². The molecule has 0 aromatic carbocycles. The van der Waals surface area contributed by atoms with Crippen LogP contribution in [0.5, 0.6) is 0 Å². The smallest absolute Gasteiger partial charge is 0.239 e. The number of ether oxygens (including phenoxy) is 2. The van der Waals surface area contributed by atoms with Crippen molar-refractivity contribution in [1.29, 1.82) is 0 Å². The zero-order valence-corrected chi connectivity index (χ0v) is 20.3. The Morgan fingerprint density at radius 1 is 1.25 bits per heavy atom. The lowest BCUT2D eigenvalue weighted by Gasteiger charge is -2.25. The Kier molecular flexibility index (Phi) is 12.9. The maximum atomic E-state index is 12.8. The number of nitrogens with one attached hydrogen (secondary N) is 2. The number of aliphatic hydroxyl groups is 1. The van der Waals surface area contributed by atoms with Gasteiger partial charge in [0.15, 0.2) is 0 Å². The standard InChI is InChI=1S/C15H25N2O5S6/c1-21-8-9-22-7-5-12(18)16-6-3-2-4-11-13(19)15(20)27-24-10-23-25-14(17-11)26-28-15/h10-11,14,17,20H,2-9H2,1H3,(H,16,18)/t11-,14?,15?/m0/s1. The maximum Gasteiger partial charge on any atom is 0.239 e. The van der Waals surface area contributed by atoms with Crippen molar-refractivity contribution < 1.29 is 24.2 Å².